The van der Waals surface area contributed by atoms with Gasteiger partial charge in [-0.2, -0.15) is 0 Å². The number of anilines is 1. The van der Waals surface area contributed by atoms with Gasteiger partial charge < -0.3 is 5.73 Å². The third-order valence-corrected chi connectivity index (χ3v) is 3.72. The Kier molecular flexibility index (Phi) is 5.04. The van der Waals surface area contributed by atoms with E-state index < -0.39 is 0 Å². The molecule has 2 rings (SSSR count). The molecule has 0 unspecified atom stereocenters. The minimum Gasteiger partial charge on any atom is -0.320 e. The number of hydrogen-bond donors (Lipinski definition) is 2. The maximum absolute atomic E-state index is 12.3. The molecule has 0 fully saturated rings. The van der Waals surface area contributed by atoms with Gasteiger partial charge in [-0.15, -0.1) is 11.3 Å². The molecule has 0 radical (unpaired) electrons. The van der Waals surface area contributed by atoms with Crippen LogP contribution in [0, 0.1) is 18.8 Å². The van der Waals surface area contributed by atoms with Crippen LogP contribution in [0.1, 0.15) is 33.5 Å². The first-order valence-corrected chi connectivity index (χ1v) is 7.39. The van der Waals surface area contributed by atoms with Crippen LogP contribution < -0.4 is 11.1 Å². The fourth-order valence-electron chi connectivity index (χ4n) is 1.80. The van der Waals surface area contributed by atoms with Gasteiger partial charge in [0.05, 0.1) is 17.8 Å². The van der Waals surface area contributed by atoms with E-state index in [-0.39, 0.29) is 18.1 Å². The van der Waals surface area contributed by atoms with Gasteiger partial charge in [-0.05, 0) is 25.5 Å². The molecular formula is C15H16N4OS. The van der Waals surface area contributed by atoms with E-state index in [1.54, 1.807) is 18.3 Å². The third kappa shape index (κ3) is 3.66. The molecule has 0 aliphatic heterocycles. The highest BCUT2D eigenvalue weighted by Crippen LogP contribution is 2.22. The van der Waals surface area contributed by atoms with Crippen molar-refractivity contribution in [2.75, 3.05) is 11.9 Å². The van der Waals surface area contributed by atoms with Crippen molar-refractivity contribution in [1.29, 1.82) is 0 Å². The summed E-state index contributed by atoms with van der Waals surface area (Å²) in [5, 5.41) is 3.36. The molecule has 3 N–H and O–H groups in total. The smallest absolute Gasteiger partial charge is 0.277 e. The van der Waals surface area contributed by atoms with Gasteiger partial charge in [-0.25, -0.2) is 9.97 Å². The number of aryl methyl sites for hydroxylation is 2. The first-order chi connectivity index (χ1) is 10.2. The van der Waals surface area contributed by atoms with Gasteiger partial charge in [0.2, 0.25) is 0 Å². The summed E-state index contributed by atoms with van der Waals surface area (Å²) in [6, 6.07) is 3.48. The number of aromatic nitrogens is 2. The summed E-state index contributed by atoms with van der Waals surface area (Å²) in [6.07, 6.45) is 2.40. The van der Waals surface area contributed by atoms with E-state index >= 15 is 0 Å². The van der Waals surface area contributed by atoms with Crippen molar-refractivity contribution in [3.63, 3.8) is 0 Å². The largest absolute Gasteiger partial charge is 0.320 e. The second kappa shape index (κ2) is 6.97. The number of pyridine rings is 1. The molecule has 0 saturated carbocycles. The molecule has 21 heavy (non-hydrogen) atoms. The Morgan fingerprint density at radius 3 is 3.00 bits per heavy atom. The number of nitrogens with two attached hydrogens (primary N) is 1. The topological polar surface area (TPSA) is 80.9 Å². The predicted octanol–water partition coefficient (Wildman–Crippen LogP) is 1.97. The monoisotopic (exact) mass is 300 g/mol. The van der Waals surface area contributed by atoms with Crippen molar-refractivity contribution in [1.82, 2.24) is 9.97 Å². The highest BCUT2D eigenvalue weighted by Gasteiger charge is 2.14. The molecule has 0 atom stereocenters. The molecule has 2 aromatic rings. The van der Waals surface area contributed by atoms with Crippen molar-refractivity contribution in [3.05, 3.63) is 40.2 Å². The molecule has 5 nitrogen and oxygen atoms in total. The quantitative estimate of drug-likeness (QED) is 0.849. The highest BCUT2D eigenvalue weighted by molar-refractivity contribution is 7.15. The lowest BCUT2D eigenvalue weighted by Gasteiger charge is -2.03. The fourth-order valence-corrected chi connectivity index (χ4v) is 2.70. The standard InChI is InChI=1S/C15H16N4OS/c1-3-12-10(2)21-15(18-12)19-14(20)13-11(6-4-8-16)7-5-9-17-13/h5,7,9H,3,8,16H2,1-2H3,(H,18,19,20). The number of thiazole rings is 1. The zero-order valence-electron chi connectivity index (χ0n) is 11.9. The minimum absolute atomic E-state index is 0.238. The first-order valence-electron chi connectivity index (χ1n) is 6.57. The van der Waals surface area contributed by atoms with Crippen LogP contribution in [-0.4, -0.2) is 22.4 Å². The average molecular weight is 300 g/mol. The van der Waals surface area contributed by atoms with Crippen molar-refractivity contribution in [3.8, 4) is 11.8 Å². The maximum Gasteiger partial charge on any atom is 0.277 e. The number of nitrogens with zero attached hydrogens (tertiary/aromatic N) is 2. The average Bonchev–Trinajstić information content (AvgIpc) is 2.85. The highest BCUT2D eigenvalue weighted by atomic mass is 32.1. The van der Waals surface area contributed by atoms with Crippen molar-refractivity contribution in [2.45, 2.75) is 20.3 Å². The Bertz CT molecular complexity index is 712. The van der Waals surface area contributed by atoms with Crippen molar-refractivity contribution < 1.29 is 4.79 Å². The lowest BCUT2D eigenvalue weighted by atomic mass is 10.2. The summed E-state index contributed by atoms with van der Waals surface area (Å²) in [6.45, 7) is 4.26. The van der Waals surface area contributed by atoms with Gasteiger partial charge >= 0.3 is 0 Å². The summed E-state index contributed by atoms with van der Waals surface area (Å²) in [5.41, 5.74) is 7.20. The summed E-state index contributed by atoms with van der Waals surface area (Å²) in [7, 11) is 0. The Hall–Kier alpha value is -2.23. The van der Waals surface area contributed by atoms with Crippen LogP contribution >= 0.6 is 11.3 Å². The third-order valence-electron chi connectivity index (χ3n) is 2.80. The van der Waals surface area contributed by atoms with Crippen LogP contribution in [0.25, 0.3) is 0 Å². The second-order valence-corrected chi connectivity index (χ2v) is 5.44. The number of carbonyl (C=O) groups excluding carboxylic acids is 1. The predicted molar refractivity (Wildman–Crippen MR) is 84.4 cm³/mol. The molecule has 6 heteroatoms. The molecule has 108 valence electrons. The summed E-state index contributed by atoms with van der Waals surface area (Å²) in [4.78, 5) is 21.9. The Labute approximate surface area is 127 Å². The molecule has 0 aromatic carbocycles. The molecule has 2 heterocycles. The zero-order valence-corrected chi connectivity index (χ0v) is 12.8. The maximum atomic E-state index is 12.3. The molecule has 1 amide bonds. The van der Waals surface area contributed by atoms with E-state index in [9.17, 15) is 4.79 Å². The number of hydrogen-bond acceptors (Lipinski definition) is 5. The Morgan fingerprint density at radius 1 is 1.52 bits per heavy atom. The van der Waals surface area contributed by atoms with Gasteiger partial charge in [0, 0.05) is 11.1 Å². The van der Waals surface area contributed by atoms with Crippen LogP contribution in [0.3, 0.4) is 0 Å². The van der Waals surface area contributed by atoms with Crippen LogP contribution in [-0.2, 0) is 6.42 Å². The minimum atomic E-state index is -0.312. The van der Waals surface area contributed by atoms with E-state index in [4.69, 9.17) is 5.73 Å². The number of nitrogens with one attached hydrogen (secondary N) is 1. The van der Waals surface area contributed by atoms with Gasteiger partial charge in [-0.1, -0.05) is 18.8 Å². The molecule has 0 saturated heterocycles. The lowest BCUT2D eigenvalue weighted by Crippen LogP contribution is -2.15. The van der Waals surface area contributed by atoms with E-state index in [0.29, 0.717) is 10.7 Å². The Morgan fingerprint density at radius 2 is 2.33 bits per heavy atom. The van der Waals surface area contributed by atoms with Crippen LogP contribution in [0.4, 0.5) is 5.13 Å². The molecule has 0 aliphatic carbocycles. The number of rotatable bonds is 3. The molecule has 2 aromatic heterocycles. The SMILES string of the molecule is CCc1nc(NC(=O)c2ncccc2C#CCN)sc1C. The summed E-state index contributed by atoms with van der Waals surface area (Å²) >= 11 is 1.46. The van der Waals surface area contributed by atoms with E-state index in [2.05, 4.69) is 27.1 Å². The summed E-state index contributed by atoms with van der Waals surface area (Å²) in [5.74, 6) is 5.27. The van der Waals surface area contributed by atoms with Crippen molar-refractivity contribution >= 4 is 22.4 Å². The van der Waals surface area contributed by atoms with E-state index in [0.717, 1.165) is 17.0 Å². The Balaban J connectivity index is 2.24. The van der Waals surface area contributed by atoms with Crippen LogP contribution in [0.2, 0.25) is 0 Å². The normalized spacial score (nSPS) is 9.86. The number of carbonyl (C=O) groups is 1. The van der Waals surface area contributed by atoms with Gasteiger partial charge in [-0.3, -0.25) is 10.1 Å². The summed E-state index contributed by atoms with van der Waals surface area (Å²) < 4.78 is 0. The molecule has 0 aliphatic rings. The van der Waals surface area contributed by atoms with Gasteiger partial charge in [0.1, 0.15) is 5.69 Å². The van der Waals surface area contributed by atoms with E-state index in [1.807, 2.05) is 13.8 Å². The lowest BCUT2D eigenvalue weighted by molar-refractivity contribution is 0.102. The fraction of sp³-hybridized carbons (Fsp3) is 0.267. The van der Waals surface area contributed by atoms with E-state index in [1.165, 1.54) is 11.3 Å². The number of amides is 1. The second-order valence-electron chi connectivity index (χ2n) is 4.24. The first kappa shape index (κ1) is 15.2. The van der Waals surface area contributed by atoms with Crippen LogP contribution in [0.5, 0.6) is 0 Å². The molecule has 0 spiro atoms. The van der Waals surface area contributed by atoms with Crippen molar-refractivity contribution in [2.24, 2.45) is 5.73 Å². The molecule has 0 bridgehead atoms. The molecular weight excluding hydrogens is 284 g/mol. The zero-order chi connectivity index (χ0) is 15.2. The van der Waals surface area contributed by atoms with Gasteiger partial charge in [0.25, 0.3) is 5.91 Å². The van der Waals surface area contributed by atoms with Crippen LogP contribution in [0.15, 0.2) is 18.3 Å². The van der Waals surface area contributed by atoms with Gasteiger partial charge in [0.15, 0.2) is 5.13 Å².